The molecule has 2 heterocycles. The molecule has 0 atom stereocenters. The highest BCUT2D eigenvalue weighted by molar-refractivity contribution is 7.11. The van der Waals surface area contributed by atoms with Crippen LogP contribution in [0.2, 0.25) is 0 Å². The van der Waals surface area contributed by atoms with Gasteiger partial charge in [0.2, 0.25) is 0 Å². The van der Waals surface area contributed by atoms with Crippen LogP contribution in [-0.2, 0) is 0 Å². The summed E-state index contributed by atoms with van der Waals surface area (Å²) in [5.74, 6) is -0.199. The number of carbonyl (C=O) groups is 1. The summed E-state index contributed by atoms with van der Waals surface area (Å²) in [4.78, 5) is 28.1. The quantitative estimate of drug-likeness (QED) is 0.758. The first-order valence-electron chi connectivity index (χ1n) is 5.50. The van der Waals surface area contributed by atoms with Gasteiger partial charge < -0.3 is 9.88 Å². The Kier molecular flexibility index (Phi) is 3.60. The minimum atomic E-state index is -0.199. The van der Waals surface area contributed by atoms with Crippen molar-refractivity contribution in [3.8, 4) is 0 Å². The van der Waals surface area contributed by atoms with Crippen LogP contribution in [-0.4, -0.2) is 54.0 Å². The summed E-state index contributed by atoms with van der Waals surface area (Å²) in [5, 5.41) is 1.89. The van der Waals surface area contributed by atoms with Crippen LogP contribution >= 0.6 is 11.3 Å². The van der Waals surface area contributed by atoms with Gasteiger partial charge in [0.05, 0.1) is 0 Å². The van der Waals surface area contributed by atoms with Crippen molar-refractivity contribution in [2.75, 3.05) is 33.2 Å². The van der Waals surface area contributed by atoms with Crippen molar-refractivity contribution >= 4 is 17.2 Å². The largest absolute Gasteiger partial charge is 0.316 e. The maximum Gasteiger partial charge on any atom is 0.305 e. The Bertz CT molecular complexity index is 459. The number of carbonyl (C=O) groups excluding carboxylic acids is 1. The molecule has 0 spiro atoms. The molecule has 0 unspecified atom stereocenters. The van der Waals surface area contributed by atoms with Crippen LogP contribution in [0.15, 0.2) is 4.79 Å². The first kappa shape index (κ1) is 12.3. The van der Waals surface area contributed by atoms with Crippen LogP contribution in [0.3, 0.4) is 0 Å². The number of nitrogens with one attached hydrogen (secondary N) is 2. The van der Waals surface area contributed by atoms with E-state index >= 15 is 0 Å². The van der Waals surface area contributed by atoms with Crippen molar-refractivity contribution < 1.29 is 4.79 Å². The third-order valence-electron chi connectivity index (χ3n) is 2.79. The zero-order valence-electron chi connectivity index (χ0n) is 9.95. The number of hydrogen-bond donors (Lipinski definition) is 2. The summed E-state index contributed by atoms with van der Waals surface area (Å²) in [5.41, 5.74) is 3.46. The maximum absolute atomic E-state index is 11.9. The smallest absolute Gasteiger partial charge is 0.305 e. The molecule has 1 aromatic heterocycles. The second-order valence-corrected chi connectivity index (χ2v) is 5.18. The van der Waals surface area contributed by atoms with Gasteiger partial charge in [0, 0.05) is 31.9 Å². The van der Waals surface area contributed by atoms with E-state index in [1.54, 1.807) is 6.92 Å². The molecule has 0 saturated carbocycles. The van der Waals surface area contributed by atoms with E-state index in [2.05, 4.69) is 22.4 Å². The molecule has 17 heavy (non-hydrogen) atoms. The molecule has 0 aliphatic carbocycles. The zero-order chi connectivity index (χ0) is 12.4. The molecule has 1 aromatic rings. The number of likely N-dealkylation sites (N-methyl/N-ethyl adjacent to an activating group) is 1. The van der Waals surface area contributed by atoms with E-state index in [9.17, 15) is 9.59 Å². The molecule has 2 N–H and O–H groups in total. The number of aromatic nitrogens is 1. The van der Waals surface area contributed by atoms with Crippen LogP contribution in [0.1, 0.15) is 15.4 Å². The molecule has 6 nitrogen and oxygen atoms in total. The Labute approximate surface area is 103 Å². The lowest BCUT2D eigenvalue weighted by molar-refractivity contribution is 0.0665. The zero-order valence-corrected chi connectivity index (χ0v) is 10.8. The van der Waals surface area contributed by atoms with Gasteiger partial charge in [-0.05, 0) is 14.0 Å². The normalized spacial score (nSPS) is 18.2. The van der Waals surface area contributed by atoms with Gasteiger partial charge in [-0.1, -0.05) is 11.3 Å². The summed E-state index contributed by atoms with van der Waals surface area (Å²) in [7, 11) is 2.06. The standard InChI is InChI=1S/C10H16N4O2S/c1-7-8(17-10(16)11-7)9(15)12-14-5-3-13(2)4-6-14/h3-6H2,1-2H3,(H,11,16)(H,12,15). The lowest BCUT2D eigenvalue weighted by Crippen LogP contribution is -2.52. The van der Waals surface area contributed by atoms with E-state index in [0.29, 0.717) is 10.6 Å². The van der Waals surface area contributed by atoms with E-state index in [1.807, 2.05) is 5.01 Å². The summed E-state index contributed by atoms with van der Waals surface area (Å²) in [6.07, 6.45) is 0. The van der Waals surface area contributed by atoms with E-state index < -0.39 is 0 Å². The van der Waals surface area contributed by atoms with Crippen LogP contribution in [0.25, 0.3) is 0 Å². The lowest BCUT2D eigenvalue weighted by Gasteiger charge is -2.32. The van der Waals surface area contributed by atoms with Crippen LogP contribution in [0.4, 0.5) is 0 Å². The van der Waals surface area contributed by atoms with Gasteiger partial charge in [-0.3, -0.25) is 15.0 Å². The first-order valence-corrected chi connectivity index (χ1v) is 6.32. The number of nitrogens with zero attached hydrogens (tertiary/aromatic N) is 2. The summed E-state index contributed by atoms with van der Waals surface area (Å²) >= 11 is 0.951. The molecular formula is C10H16N4O2S. The minimum absolute atomic E-state index is 0.189. The van der Waals surface area contributed by atoms with Gasteiger partial charge in [0.1, 0.15) is 4.88 Å². The van der Waals surface area contributed by atoms with Gasteiger partial charge in [-0.25, -0.2) is 5.01 Å². The Morgan fingerprint density at radius 1 is 1.35 bits per heavy atom. The molecule has 2 rings (SSSR count). The molecule has 0 radical (unpaired) electrons. The highest BCUT2D eigenvalue weighted by Gasteiger charge is 2.19. The van der Waals surface area contributed by atoms with E-state index in [-0.39, 0.29) is 10.8 Å². The van der Waals surface area contributed by atoms with Crippen molar-refractivity contribution in [3.63, 3.8) is 0 Å². The number of hydrogen-bond acceptors (Lipinski definition) is 5. The highest BCUT2D eigenvalue weighted by Crippen LogP contribution is 2.08. The molecular weight excluding hydrogens is 240 g/mol. The average Bonchev–Trinajstić information content (AvgIpc) is 2.61. The van der Waals surface area contributed by atoms with Gasteiger partial charge in [-0.15, -0.1) is 0 Å². The van der Waals surface area contributed by atoms with E-state index in [1.165, 1.54) is 0 Å². The Morgan fingerprint density at radius 3 is 2.53 bits per heavy atom. The molecule has 1 fully saturated rings. The van der Waals surface area contributed by atoms with Gasteiger partial charge >= 0.3 is 4.87 Å². The predicted octanol–water partition coefficient (Wildman–Crippen LogP) is -0.363. The van der Waals surface area contributed by atoms with Crippen molar-refractivity contribution in [1.82, 2.24) is 20.3 Å². The third-order valence-corrected chi connectivity index (χ3v) is 3.78. The number of aryl methyl sites for hydroxylation is 1. The number of aromatic amines is 1. The van der Waals surface area contributed by atoms with Crippen molar-refractivity contribution in [3.05, 3.63) is 20.2 Å². The van der Waals surface area contributed by atoms with E-state index in [0.717, 1.165) is 37.5 Å². The van der Waals surface area contributed by atoms with Gasteiger partial charge in [0.15, 0.2) is 0 Å². The Morgan fingerprint density at radius 2 is 2.00 bits per heavy atom. The molecule has 1 aliphatic rings. The first-order chi connectivity index (χ1) is 8.06. The number of thiazole rings is 1. The van der Waals surface area contributed by atoms with Crippen LogP contribution < -0.4 is 10.3 Å². The van der Waals surface area contributed by atoms with E-state index in [4.69, 9.17) is 0 Å². The Balaban J connectivity index is 1.97. The number of H-pyrrole nitrogens is 1. The molecule has 7 heteroatoms. The molecule has 1 aliphatic heterocycles. The molecule has 1 amide bonds. The second-order valence-electron chi connectivity index (χ2n) is 4.20. The Hall–Kier alpha value is -1.18. The molecule has 0 aromatic carbocycles. The molecule has 94 valence electrons. The number of piperazine rings is 1. The van der Waals surface area contributed by atoms with Crippen molar-refractivity contribution in [2.24, 2.45) is 0 Å². The van der Waals surface area contributed by atoms with Crippen LogP contribution in [0, 0.1) is 6.92 Å². The van der Waals surface area contributed by atoms with Crippen molar-refractivity contribution in [1.29, 1.82) is 0 Å². The predicted molar refractivity (Wildman–Crippen MR) is 66.2 cm³/mol. The van der Waals surface area contributed by atoms with Crippen LogP contribution in [0.5, 0.6) is 0 Å². The number of hydrazine groups is 1. The fourth-order valence-electron chi connectivity index (χ4n) is 1.73. The second kappa shape index (κ2) is 4.99. The summed E-state index contributed by atoms with van der Waals surface area (Å²) in [6, 6.07) is 0. The maximum atomic E-state index is 11.9. The topological polar surface area (TPSA) is 68.4 Å². The fraction of sp³-hybridized carbons (Fsp3) is 0.600. The third kappa shape index (κ3) is 2.93. The van der Waals surface area contributed by atoms with Gasteiger partial charge in [0.25, 0.3) is 5.91 Å². The summed E-state index contributed by atoms with van der Waals surface area (Å²) < 4.78 is 0. The fourth-order valence-corrected chi connectivity index (χ4v) is 2.47. The highest BCUT2D eigenvalue weighted by atomic mass is 32.1. The SMILES string of the molecule is Cc1[nH]c(=O)sc1C(=O)NN1CCN(C)CC1. The molecule has 0 bridgehead atoms. The summed E-state index contributed by atoms with van der Waals surface area (Å²) in [6.45, 7) is 5.21. The number of amides is 1. The average molecular weight is 256 g/mol. The van der Waals surface area contributed by atoms with Crippen molar-refractivity contribution in [2.45, 2.75) is 6.92 Å². The van der Waals surface area contributed by atoms with Gasteiger partial charge in [-0.2, -0.15) is 0 Å². The molecule has 1 saturated heterocycles. The lowest BCUT2D eigenvalue weighted by atomic mass is 10.3. The minimum Gasteiger partial charge on any atom is -0.316 e. The number of rotatable bonds is 2. The monoisotopic (exact) mass is 256 g/mol.